The molecule has 0 saturated carbocycles. The number of aryl methyl sites for hydroxylation is 1. The van der Waals surface area contributed by atoms with E-state index in [0.717, 1.165) is 6.26 Å². The van der Waals surface area contributed by atoms with Crippen LogP contribution in [0.2, 0.25) is 0 Å². The first-order valence-electron chi connectivity index (χ1n) is 6.90. The van der Waals surface area contributed by atoms with Crippen molar-refractivity contribution in [2.24, 2.45) is 5.92 Å². The summed E-state index contributed by atoms with van der Waals surface area (Å²) in [6, 6.07) is 3.83. The van der Waals surface area contributed by atoms with Gasteiger partial charge in [-0.1, -0.05) is 6.92 Å². The molecule has 0 amide bonds. The number of hydrogen-bond donors (Lipinski definition) is 0. The zero-order valence-electron chi connectivity index (χ0n) is 12.6. The standard InChI is InChI=1S/C14H16N4O3S/c1-8-6-21-7-12(8)18-10(5-15)4-11-9(2)16-14(17-13(11)18)22(3,19)20/h4,8,12H,6-7H2,1-3H3/t8-,12-/m0/s1. The number of ether oxygens (including phenoxy) is 1. The van der Waals surface area contributed by atoms with E-state index in [-0.39, 0.29) is 17.1 Å². The van der Waals surface area contributed by atoms with Crippen molar-refractivity contribution >= 4 is 20.9 Å². The van der Waals surface area contributed by atoms with Crippen LogP contribution in [-0.2, 0) is 14.6 Å². The summed E-state index contributed by atoms with van der Waals surface area (Å²) in [5, 5.41) is 9.89. The zero-order chi connectivity index (χ0) is 16.1. The van der Waals surface area contributed by atoms with E-state index in [1.165, 1.54) is 0 Å². The predicted molar refractivity (Wildman–Crippen MR) is 79.1 cm³/mol. The molecule has 2 aromatic rings. The minimum atomic E-state index is -3.52. The fraction of sp³-hybridized carbons (Fsp3) is 0.500. The van der Waals surface area contributed by atoms with Crippen molar-refractivity contribution in [2.75, 3.05) is 19.5 Å². The Morgan fingerprint density at radius 2 is 2.14 bits per heavy atom. The summed E-state index contributed by atoms with van der Waals surface area (Å²) in [5.74, 6) is 0.222. The highest BCUT2D eigenvalue weighted by Gasteiger charge is 2.30. The van der Waals surface area contributed by atoms with Crippen LogP contribution >= 0.6 is 0 Å². The number of aromatic nitrogens is 3. The Morgan fingerprint density at radius 1 is 1.41 bits per heavy atom. The quantitative estimate of drug-likeness (QED) is 0.772. The average Bonchev–Trinajstić information content (AvgIpc) is 3.00. The molecule has 2 atom stereocenters. The fourth-order valence-electron chi connectivity index (χ4n) is 2.78. The maximum absolute atomic E-state index is 11.8. The van der Waals surface area contributed by atoms with Crippen molar-refractivity contribution in [1.82, 2.24) is 14.5 Å². The van der Waals surface area contributed by atoms with E-state index in [1.807, 2.05) is 6.92 Å². The molecule has 0 spiro atoms. The highest BCUT2D eigenvalue weighted by molar-refractivity contribution is 7.90. The number of hydrogen-bond acceptors (Lipinski definition) is 6. The molecule has 2 aromatic heterocycles. The smallest absolute Gasteiger partial charge is 0.249 e. The molecule has 7 nitrogen and oxygen atoms in total. The molecular weight excluding hydrogens is 304 g/mol. The molecule has 0 aliphatic carbocycles. The van der Waals surface area contributed by atoms with Gasteiger partial charge in [-0.2, -0.15) is 10.2 Å². The van der Waals surface area contributed by atoms with Crippen molar-refractivity contribution in [3.05, 3.63) is 17.5 Å². The molecule has 3 heterocycles. The minimum absolute atomic E-state index is 0.0335. The van der Waals surface area contributed by atoms with E-state index in [4.69, 9.17) is 4.74 Å². The summed E-state index contributed by atoms with van der Waals surface area (Å²) in [7, 11) is -3.52. The molecule has 0 unspecified atom stereocenters. The van der Waals surface area contributed by atoms with Crippen molar-refractivity contribution < 1.29 is 13.2 Å². The summed E-state index contributed by atoms with van der Waals surface area (Å²) < 4.78 is 30.8. The number of nitrogens with zero attached hydrogens (tertiary/aromatic N) is 4. The van der Waals surface area contributed by atoms with Crippen LogP contribution in [0.15, 0.2) is 11.2 Å². The lowest BCUT2D eigenvalue weighted by molar-refractivity contribution is 0.182. The van der Waals surface area contributed by atoms with Gasteiger partial charge in [-0.25, -0.2) is 13.4 Å². The summed E-state index contributed by atoms with van der Waals surface area (Å²) in [4.78, 5) is 8.27. The van der Waals surface area contributed by atoms with Crippen LogP contribution < -0.4 is 0 Å². The highest BCUT2D eigenvalue weighted by atomic mass is 32.2. The lowest BCUT2D eigenvalue weighted by Crippen LogP contribution is -2.18. The molecule has 22 heavy (non-hydrogen) atoms. The summed E-state index contributed by atoms with van der Waals surface area (Å²) in [5.41, 5.74) is 1.47. The van der Waals surface area contributed by atoms with Crippen LogP contribution in [0.1, 0.15) is 24.4 Å². The Labute approximate surface area is 128 Å². The molecule has 3 rings (SSSR count). The van der Waals surface area contributed by atoms with Gasteiger partial charge >= 0.3 is 0 Å². The minimum Gasteiger partial charge on any atom is -0.379 e. The number of rotatable bonds is 2. The van der Waals surface area contributed by atoms with E-state index >= 15 is 0 Å². The van der Waals surface area contributed by atoms with E-state index in [9.17, 15) is 13.7 Å². The van der Waals surface area contributed by atoms with Crippen molar-refractivity contribution in [3.63, 3.8) is 0 Å². The van der Waals surface area contributed by atoms with Crippen LogP contribution in [0.3, 0.4) is 0 Å². The first-order chi connectivity index (χ1) is 10.3. The topological polar surface area (TPSA) is 97.9 Å². The van der Waals surface area contributed by atoms with Crippen LogP contribution in [0.25, 0.3) is 11.0 Å². The van der Waals surface area contributed by atoms with E-state index in [2.05, 4.69) is 16.0 Å². The average molecular weight is 320 g/mol. The lowest BCUT2D eigenvalue weighted by Gasteiger charge is -2.17. The zero-order valence-corrected chi connectivity index (χ0v) is 13.4. The van der Waals surface area contributed by atoms with E-state index < -0.39 is 9.84 Å². The van der Waals surface area contributed by atoms with Gasteiger partial charge in [0.05, 0.1) is 24.9 Å². The Kier molecular flexibility index (Phi) is 3.42. The Balaban J connectivity index is 2.34. The Hall–Kier alpha value is -1.98. The van der Waals surface area contributed by atoms with E-state index in [0.29, 0.717) is 35.6 Å². The normalized spacial score (nSPS) is 22.1. The lowest BCUT2D eigenvalue weighted by atomic mass is 10.1. The second kappa shape index (κ2) is 5.04. The first-order valence-corrected chi connectivity index (χ1v) is 8.79. The molecule has 8 heteroatoms. The monoisotopic (exact) mass is 320 g/mol. The van der Waals surface area contributed by atoms with Crippen molar-refractivity contribution in [3.8, 4) is 6.07 Å². The van der Waals surface area contributed by atoms with Crippen molar-refractivity contribution in [2.45, 2.75) is 25.0 Å². The summed E-state index contributed by atoms with van der Waals surface area (Å²) in [6.45, 7) is 4.85. The van der Waals surface area contributed by atoms with E-state index in [1.54, 1.807) is 17.6 Å². The third kappa shape index (κ3) is 2.26. The molecule has 0 bridgehead atoms. The fourth-order valence-corrected chi connectivity index (χ4v) is 3.34. The maximum Gasteiger partial charge on any atom is 0.249 e. The Bertz CT molecular complexity index is 895. The molecular formula is C14H16N4O3S. The van der Waals surface area contributed by atoms with Gasteiger partial charge in [-0.3, -0.25) is 0 Å². The van der Waals surface area contributed by atoms with Gasteiger partial charge in [0, 0.05) is 17.6 Å². The number of sulfone groups is 1. The van der Waals surface area contributed by atoms with Gasteiger partial charge in [0.15, 0.2) is 0 Å². The third-order valence-electron chi connectivity index (χ3n) is 3.97. The molecule has 116 valence electrons. The molecule has 0 N–H and O–H groups in total. The van der Waals surface area contributed by atoms with Crippen molar-refractivity contribution in [1.29, 1.82) is 5.26 Å². The van der Waals surface area contributed by atoms with Gasteiger partial charge in [0.2, 0.25) is 15.0 Å². The Morgan fingerprint density at radius 3 is 2.68 bits per heavy atom. The number of fused-ring (bicyclic) bond motifs is 1. The molecule has 0 aromatic carbocycles. The third-order valence-corrected chi connectivity index (χ3v) is 4.81. The molecule has 1 saturated heterocycles. The second-order valence-electron chi connectivity index (χ2n) is 5.69. The van der Waals surface area contributed by atoms with Crippen LogP contribution in [-0.4, -0.2) is 42.4 Å². The second-order valence-corrected chi connectivity index (χ2v) is 7.60. The van der Waals surface area contributed by atoms with Gasteiger partial charge in [0.25, 0.3) is 0 Å². The molecule has 1 aliphatic rings. The van der Waals surface area contributed by atoms with Gasteiger partial charge < -0.3 is 9.30 Å². The first kappa shape index (κ1) is 14.9. The molecule has 1 aliphatic heterocycles. The maximum atomic E-state index is 11.8. The van der Waals surface area contributed by atoms with Crippen LogP contribution in [0, 0.1) is 24.2 Å². The largest absolute Gasteiger partial charge is 0.379 e. The summed E-state index contributed by atoms with van der Waals surface area (Å²) >= 11 is 0. The van der Waals surface area contributed by atoms with Gasteiger partial charge in [-0.15, -0.1) is 0 Å². The van der Waals surface area contributed by atoms with Gasteiger partial charge in [-0.05, 0) is 13.0 Å². The highest BCUT2D eigenvalue weighted by Crippen LogP contribution is 2.32. The summed E-state index contributed by atoms with van der Waals surface area (Å²) in [6.07, 6.45) is 1.08. The number of nitriles is 1. The van der Waals surface area contributed by atoms with Gasteiger partial charge in [0.1, 0.15) is 17.4 Å². The van der Waals surface area contributed by atoms with Crippen LogP contribution in [0.5, 0.6) is 0 Å². The molecule has 1 fully saturated rings. The SMILES string of the molecule is Cc1nc(S(C)(=O)=O)nc2c1cc(C#N)n2[C@H]1COC[C@@H]1C. The predicted octanol–water partition coefficient (Wildman–Crippen LogP) is 1.22. The molecule has 0 radical (unpaired) electrons. The van der Waals surface area contributed by atoms with Crippen LogP contribution in [0.4, 0.5) is 0 Å².